The summed E-state index contributed by atoms with van der Waals surface area (Å²) in [6, 6.07) is 0. The van der Waals surface area contributed by atoms with Crippen molar-refractivity contribution in [1.82, 2.24) is 15.3 Å². The van der Waals surface area contributed by atoms with E-state index in [0.29, 0.717) is 5.16 Å². The number of aromatic nitrogens is 2. The van der Waals surface area contributed by atoms with Crippen LogP contribution in [0.2, 0.25) is 0 Å². The molecule has 2 atom stereocenters. The maximum absolute atomic E-state index is 11.7. The normalized spacial score (nSPS) is 13.9. The summed E-state index contributed by atoms with van der Waals surface area (Å²) < 4.78 is 0. The highest BCUT2D eigenvalue weighted by molar-refractivity contribution is 7.98. The van der Waals surface area contributed by atoms with Crippen LogP contribution in [0.3, 0.4) is 0 Å². The predicted octanol–water partition coefficient (Wildman–Crippen LogP) is -0.588. The Kier molecular flexibility index (Phi) is 6.00. The first-order valence-electron chi connectivity index (χ1n) is 5.69. The number of nitrogens with one attached hydrogen (secondary N) is 2. The molecule has 0 aliphatic rings. The van der Waals surface area contributed by atoms with Gasteiger partial charge in [0.25, 0.3) is 5.56 Å². The van der Waals surface area contributed by atoms with Gasteiger partial charge in [0.05, 0.1) is 11.7 Å². The Morgan fingerprint density at radius 1 is 1.58 bits per heavy atom. The third-order valence-electron chi connectivity index (χ3n) is 2.49. The van der Waals surface area contributed by atoms with Crippen LogP contribution in [0.5, 0.6) is 0 Å². The van der Waals surface area contributed by atoms with Crippen LogP contribution in [0.1, 0.15) is 25.0 Å². The van der Waals surface area contributed by atoms with E-state index < -0.39 is 17.8 Å². The first-order chi connectivity index (χ1) is 8.95. The van der Waals surface area contributed by atoms with E-state index in [2.05, 4.69) is 15.3 Å². The smallest absolute Gasteiger partial charge is 0.257 e. The average Bonchev–Trinajstić information content (AvgIpc) is 2.37. The van der Waals surface area contributed by atoms with Crippen molar-refractivity contribution >= 4 is 17.7 Å². The summed E-state index contributed by atoms with van der Waals surface area (Å²) >= 11 is 1.27. The first-order valence-corrected chi connectivity index (χ1v) is 6.92. The molecular formula is C11H17N3O4S. The number of rotatable bonds is 6. The van der Waals surface area contributed by atoms with Crippen LogP contribution in [0, 0.1) is 0 Å². The molecule has 19 heavy (non-hydrogen) atoms. The molecule has 8 heteroatoms. The van der Waals surface area contributed by atoms with E-state index in [4.69, 9.17) is 0 Å². The Morgan fingerprint density at radius 2 is 2.26 bits per heavy atom. The summed E-state index contributed by atoms with van der Waals surface area (Å²) in [5, 5.41) is 22.6. The molecule has 1 heterocycles. The molecular weight excluding hydrogens is 270 g/mol. The fraction of sp³-hybridized carbons (Fsp3) is 0.545. The maximum Gasteiger partial charge on any atom is 0.257 e. The summed E-state index contributed by atoms with van der Waals surface area (Å²) in [5.74, 6) is -0.217. The number of aromatic amines is 1. The molecule has 0 saturated heterocycles. The molecule has 0 spiro atoms. The van der Waals surface area contributed by atoms with Gasteiger partial charge in [-0.05, 0) is 12.7 Å². The Morgan fingerprint density at radius 3 is 2.79 bits per heavy atom. The van der Waals surface area contributed by atoms with Gasteiger partial charge in [0.15, 0.2) is 5.16 Å². The Balaban J connectivity index is 2.68. The second-order valence-electron chi connectivity index (χ2n) is 3.96. The third kappa shape index (κ3) is 4.66. The zero-order chi connectivity index (χ0) is 14.4. The van der Waals surface area contributed by atoms with Crippen molar-refractivity contribution in [1.29, 1.82) is 0 Å². The maximum atomic E-state index is 11.7. The molecule has 2 unspecified atom stereocenters. The molecule has 0 bridgehead atoms. The molecule has 0 radical (unpaired) electrons. The molecule has 1 amide bonds. The molecule has 0 aromatic carbocycles. The molecule has 0 aliphatic heterocycles. The number of H-pyrrole nitrogens is 1. The van der Waals surface area contributed by atoms with E-state index >= 15 is 0 Å². The van der Waals surface area contributed by atoms with Gasteiger partial charge in [0.1, 0.15) is 6.10 Å². The standard InChI is InChI=1S/C11H17N3O4S/c1-6(15)12-4-3-8(16)9(17)7-5-13-11(19-2)14-10(7)18/h5,8-9,16-17H,3-4H2,1-2H3,(H,12,15)(H,13,14,18). The lowest BCUT2D eigenvalue weighted by molar-refractivity contribution is -0.119. The number of carbonyl (C=O) groups excluding carboxylic acids is 1. The van der Waals surface area contributed by atoms with Crippen molar-refractivity contribution in [2.24, 2.45) is 0 Å². The van der Waals surface area contributed by atoms with Gasteiger partial charge in [0, 0.05) is 19.7 Å². The van der Waals surface area contributed by atoms with E-state index in [1.54, 1.807) is 6.26 Å². The molecule has 1 aromatic rings. The lowest BCUT2D eigenvalue weighted by Gasteiger charge is -2.17. The number of amides is 1. The summed E-state index contributed by atoms with van der Waals surface area (Å²) in [6.07, 6.45) is 0.675. The van der Waals surface area contributed by atoms with Crippen LogP contribution < -0.4 is 10.9 Å². The van der Waals surface area contributed by atoms with Gasteiger partial charge < -0.3 is 20.5 Å². The number of carbonyl (C=O) groups is 1. The minimum absolute atomic E-state index is 0.00752. The lowest BCUT2D eigenvalue weighted by Crippen LogP contribution is -2.30. The second kappa shape index (κ2) is 7.27. The number of aliphatic hydroxyl groups excluding tert-OH is 2. The number of hydrogen-bond acceptors (Lipinski definition) is 6. The largest absolute Gasteiger partial charge is 0.390 e. The van der Waals surface area contributed by atoms with Crippen molar-refractivity contribution in [2.45, 2.75) is 30.7 Å². The van der Waals surface area contributed by atoms with Crippen LogP contribution >= 0.6 is 11.8 Å². The Bertz CT molecular complexity index is 491. The summed E-state index contributed by atoms with van der Waals surface area (Å²) in [7, 11) is 0. The number of nitrogens with zero attached hydrogens (tertiary/aromatic N) is 1. The minimum Gasteiger partial charge on any atom is -0.390 e. The molecule has 0 fully saturated rings. The van der Waals surface area contributed by atoms with Gasteiger partial charge >= 0.3 is 0 Å². The highest BCUT2D eigenvalue weighted by atomic mass is 32.2. The zero-order valence-corrected chi connectivity index (χ0v) is 11.5. The van der Waals surface area contributed by atoms with Gasteiger partial charge in [-0.1, -0.05) is 11.8 Å². The quantitative estimate of drug-likeness (QED) is 0.411. The van der Waals surface area contributed by atoms with Gasteiger partial charge in [-0.15, -0.1) is 0 Å². The van der Waals surface area contributed by atoms with Crippen molar-refractivity contribution in [3.63, 3.8) is 0 Å². The van der Waals surface area contributed by atoms with Crippen LogP contribution in [0.15, 0.2) is 16.1 Å². The van der Waals surface area contributed by atoms with Crippen LogP contribution in [-0.4, -0.2) is 45.0 Å². The topological polar surface area (TPSA) is 115 Å². The Hall–Kier alpha value is -1.38. The zero-order valence-electron chi connectivity index (χ0n) is 10.7. The van der Waals surface area contributed by atoms with Crippen molar-refractivity contribution < 1.29 is 15.0 Å². The first kappa shape index (κ1) is 15.7. The van der Waals surface area contributed by atoms with Crippen LogP contribution in [0.25, 0.3) is 0 Å². The van der Waals surface area contributed by atoms with E-state index in [1.807, 2.05) is 0 Å². The number of aliphatic hydroxyl groups is 2. The van der Waals surface area contributed by atoms with E-state index in [0.717, 1.165) is 0 Å². The fourth-order valence-electron chi connectivity index (χ4n) is 1.46. The van der Waals surface area contributed by atoms with Crippen molar-refractivity contribution in [3.05, 3.63) is 22.1 Å². The molecule has 0 saturated carbocycles. The molecule has 1 aromatic heterocycles. The number of thioether (sulfide) groups is 1. The monoisotopic (exact) mass is 287 g/mol. The van der Waals surface area contributed by atoms with Crippen LogP contribution in [-0.2, 0) is 4.79 Å². The second-order valence-corrected chi connectivity index (χ2v) is 4.76. The van der Waals surface area contributed by atoms with Crippen molar-refractivity contribution in [2.75, 3.05) is 12.8 Å². The number of hydrogen-bond donors (Lipinski definition) is 4. The van der Waals surface area contributed by atoms with Gasteiger partial charge in [0.2, 0.25) is 5.91 Å². The predicted molar refractivity (Wildman–Crippen MR) is 70.9 cm³/mol. The average molecular weight is 287 g/mol. The highest BCUT2D eigenvalue weighted by Crippen LogP contribution is 2.15. The Labute approximate surface area is 114 Å². The molecule has 7 nitrogen and oxygen atoms in total. The molecule has 1 rings (SSSR count). The van der Waals surface area contributed by atoms with E-state index in [1.165, 1.54) is 24.9 Å². The molecule has 0 aliphatic carbocycles. The summed E-state index contributed by atoms with van der Waals surface area (Å²) in [5.41, 5.74) is -0.474. The van der Waals surface area contributed by atoms with Crippen molar-refractivity contribution in [3.8, 4) is 0 Å². The fourth-order valence-corrected chi connectivity index (χ4v) is 1.82. The van der Waals surface area contributed by atoms with Crippen LogP contribution in [0.4, 0.5) is 0 Å². The van der Waals surface area contributed by atoms with E-state index in [-0.39, 0.29) is 24.4 Å². The highest BCUT2D eigenvalue weighted by Gasteiger charge is 2.21. The van der Waals surface area contributed by atoms with Gasteiger partial charge in [-0.25, -0.2) is 4.98 Å². The van der Waals surface area contributed by atoms with Gasteiger partial charge in [-0.3, -0.25) is 9.59 Å². The summed E-state index contributed by atoms with van der Waals surface area (Å²) in [4.78, 5) is 28.8. The molecule has 106 valence electrons. The lowest BCUT2D eigenvalue weighted by atomic mass is 10.1. The minimum atomic E-state index is -1.33. The van der Waals surface area contributed by atoms with Gasteiger partial charge in [-0.2, -0.15) is 0 Å². The summed E-state index contributed by atoms with van der Waals surface area (Å²) in [6.45, 7) is 1.58. The van der Waals surface area contributed by atoms with E-state index in [9.17, 15) is 19.8 Å². The third-order valence-corrected chi connectivity index (χ3v) is 3.09. The molecule has 4 N–H and O–H groups in total. The SMILES string of the molecule is CSc1ncc(C(O)C(O)CCNC(C)=O)c(=O)[nH]1.